The average molecular weight is 552 g/mol. The van der Waals surface area contributed by atoms with Crippen molar-refractivity contribution in [3.63, 3.8) is 0 Å². The molecule has 0 bridgehead atoms. The molecule has 11 nitrogen and oxygen atoms in total. The molecule has 0 saturated carbocycles. The van der Waals surface area contributed by atoms with Gasteiger partial charge in [-0.05, 0) is 31.2 Å². The standard InChI is InChI=1S/C26H19F3N6O5/c1-2-39-24(37)22-23(36)33-18-11-15(26(27,28)29)20(12-19(18)32-22)35-10-9-31-21(35)13-40-25(38)34-17-7-8-30-16-6-4-3-5-14(16)17/h3-12H,2,13H2,1H3,(H,33,36)(H,30,34,38). The Morgan fingerprint density at radius 1 is 1.05 bits per heavy atom. The molecule has 0 atom stereocenters. The van der Waals surface area contributed by atoms with Crippen LogP contribution in [0.1, 0.15) is 28.8 Å². The molecule has 0 aliphatic carbocycles. The van der Waals surface area contributed by atoms with Crippen molar-refractivity contribution in [3.05, 3.63) is 88.5 Å². The van der Waals surface area contributed by atoms with E-state index >= 15 is 0 Å². The van der Waals surface area contributed by atoms with Gasteiger partial charge in [0.15, 0.2) is 12.4 Å². The zero-order chi connectivity index (χ0) is 28.4. The predicted octanol–water partition coefficient (Wildman–Crippen LogP) is 4.60. The highest BCUT2D eigenvalue weighted by atomic mass is 19.4. The summed E-state index contributed by atoms with van der Waals surface area (Å²) in [5.41, 5.74) is -2.38. The van der Waals surface area contributed by atoms with Gasteiger partial charge in [0.2, 0.25) is 5.69 Å². The summed E-state index contributed by atoms with van der Waals surface area (Å²) < 4.78 is 53.3. The first kappa shape index (κ1) is 26.3. The van der Waals surface area contributed by atoms with Crippen LogP contribution in [0, 0.1) is 0 Å². The number of nitrogens with zero attached hydrogens (tertiary/aromatic N) is 4. The molecular formula is C26H19F3N6O5. The Morgan fingerprint density at radius 2 is 1.85 bits per heavy atom. The van der Waals surface area contributed by atoms with E-state index in [2.05, 4.69) is 25.3 Å². The fourth-order valence-corrected chi connectivity index (χ4v) is 4.03. The molecule has 0 saturated heterocycles. The second-order valence-electron chi connectivity index (χ2n) is 8.31. The third-order valence-electron chi connectivity index (χ3n) is 5.78. The van der Waals surface area contributed by atoms with Crippen LogP contribution in [0.3, 0.4) is 0 Å². The van der Waals surface area contributed by atoms with E-state index in [0.717, 1.165) is 10.6 Å². The van der Waals surface area contributed by atoms with Gasteiger partial charge in [-0.3, -0.25) is 15.1 Å². The topological polar surface area (TPSA) is 141 Å². The van der Waals surface area contributed by atoms with Gasteiger partial charge >= 0.3 is 18.2 Å². The number of amides is 1. The highest BCUT2D eigenvalue weighted by molar-refractivity contribution is 5.98. The molecule has 5 aromatic rings. The molecule has 0 spiro atoms. The van der Waals surface area contributed by atoms with Crippen molar-refractivity contribution in [3.8, 4) is 5.69 Å². The van der Waals surface area contributed by atoms with Crippen molar-refractivity contribution in [2.75, 3.05) is 11.9 Å². The number of imidazole rings is 1. The summed E-state index contributed by atoms with van der Waals surface area (Å²) in [4.78, 5) is 51.3. The van der Waals surface area contributed by atoms with Crippen molar-refractivity contribution in [1.29, 1.82) is 0 Å². The lowest BCUT2D eigenvalue weighted by atomic mass is 10.1. The molecule has 40 heavy (non-hydrogen) atoms. The number of esters is 1. The number of carbonyl (C=O) groups is 2. The Bertz CT molecular complexity index is 1810. The first-order valence-corrected chi connectivity index (χ1v) is 11.8. The van der Waals surface area contributed by atoms with Crippen LogP contribution in [0.2, 0.25) is 0 Å². The molecule has 0 fully saturated rings. The van der Waals surface area contributed by atoms with E-state index in [9.17, 15) is 27.6 Å². The molecule has 5 rings (SSSR count). The minimum absolute atomic E-state index is 0.0282. The van der Waals surface area contributed by atoms with Gasteiger partial charge in [-0.25, -0.2) is 19.6 Å². The number of nitrogens with one attached hydrogen (secondary N) is 2. The normalized spacial score (nSPS) is 11.5. The number of ether oxygens (including phenoxy) is 2. The molecule has 3 heterocycles. The lowest BCUT2D eigenvalue weighted by Crippen LogP contribution is -2.22. The number of hydrogen-bond donors (Lipinski definition) is 2. The molecule has 0 aliphatic heterocycles. The number of hydrogen-bond acceptors (Lipinski definition) is 8. The maximum absolute atomic E-state index is 14.1. The molecule has 2 N–H and O–H groups in total. The van der Waals surface area contributed by atoms with E-state index in [4.69, 9.17) is 9.47 Å². The Kier molecular flexibility index (Phi) is 6.90. The van der Waals surface area contributed by atoms with Crippen molar-refractivity contribution in [2.45, 2.75) is 19.7 Å². The van der Waals surface area contributed by atoms with E-state index in [1.807, 2.05) is 0 Å². The number of fused-ring (bicyclic) bond motifs is 2. The van der Waals surface area contributed by atoms with Crippen molar-refractivity contribution >= 4 is 39.7 Å². The fourth-order valence-electron chi connectivity index (χ4n) is 4.03. The minimum Gasteiger partial charge on any atom is -0.461 e. The number of H-pyrrole nitrogens is 1. The molecule has 3 aromatic heterocycles. The lowest BCUT2D eigenvalue weighted by Gasteiger charge is -2.17. The molecule has 0 aliphatic rings. The molecular weight excluding hydrogens is 533 g/mol. The van der Waals surface area contributed by atoms with E-state index in [-0.39, 0.29) is 23.5 Å². The van der Waals surface area contributed by atoms with E-state index < -0.39 is 47.3 Å². The predicted molar refractivity (Wildman–Crippen MR) is 136 cm³/mol. The summed E-state index contributed by atoms with van der Waals surface area (Å²) >= 11 is 0. The fraction of sp³-hybridized carbons (Fsp3) is 0.154. The zero-order valence-electron chi connectivity index (χ0n) is 20.7. The van der Waals surface area contributed by atoms with Crippen LogP contribution in [0.25, 0.3) is 27.6 Å². The second kappa shape index (κ2) is 10.5. The number of aromatic nitrogens is 5. The van der Waals surface area contributed by atoms with Gasteiger partial charge in [-0.2, -0.15) is 13.2 Å². The van der Waals surface area contributed by atoms with Crippen LogP contribution in [0.15, 0.2) is 65.8 Å². The average Bonchev–Trinajstić information content (AvgIpc) is 3.39. The number of aromatic amines is 1. The monoisotopic (exact) mass is 552 g/mol. The number of para-hydroxylation sites is 1. The smallest absolute Gasteiger partial charge is 0.418 e. The zero-order valence-corrected chi connectivity index (χ0v) is 20.7. The number of halogens is 3. The van der Waals surface area contributed by atoms with Gasteiger partial charge in [-0.15, -0.1) is 0 Å². The van der Waals surface area contributed by atoms with Crippen LogP contribution in [-0.2, 0) is 22.3 Å². The number of rotatable bonds is 6. The minimum atomic E-state index is -4.84. The molecule has 0 radical (unpaired) electrons. The van der Waals surface area contributed by atoms with Crippen LogP contribution >= 0.6 is 0 Å². The Morgan fingerprint density at radius 3 is 2.62 bits per heavy atom. The molecule has 204 valence electrons. The first-order chi connectivity index (χ1) is 19.2. The Balaban J connectivity index is 1.46. The number of anilines is 1. The summed E-state index contributed by atoms with van der Waals surface area (Å²) in [5, 5.41) is 3.26. The Labute approximate surface area is 222 Å². The van der Waals surface area contributed by atoms with Crippen molar-refractivity contribution in [2.24, 2.45) is 0 Å². The summed E-state index contributed by atoms with van der Waals surface area (Å²) in [6.45, 7) is 1.02. The third-order valence-corrected chi connectivity index (χ3v) is 5.78. The van der Waals surface area contributed by atoms with Crippen molar-refractivity contribution in [1.82, 2.24) is 24.5 Å². The highest BCUT2D eigenvalue weighted by Crippen LogP contribution is 2.36. The van der Waals surface area contributed by atoms with Gasteiger partial charge in [0.25, 0.3) is 5.56 Å². The second-order valence-corrected chi connectivity index (χ2v) is 8.31. The van der Waals surface area contributed by atoms with Crippen LogP contribution < -0.4 is 10.9 Å². The van der Waals surface area contributed by atoms with Gasteiger partial charge in [0, 0.05) is 24.0 Å². The van der Waals surface area contributed by atoms with Crippen LogP contribution in [-0.4, -0.2) is 43.2 Å². The molecule has 1 amide bonds. The van der Waals surface area contributed by atoms with Crippen molar-refractivity contribution < 1.29 is 32.2 Å². The number of alkyl halides is 3. The Hall–Kier alpha value is -5.27. The number of carbonyl (C=O) groups excluding carboxylic acids is 2. The summed E-state index contributed by atoms with van der Waals surface area (Å²) in [7, 11) is 0. The largest absolute Gasteiger partial charge is 0.461 e. The molecule has 2 aromatic carbocycles. The summed E-state index contributed by atoms with van der Waals surface area (Å²) in [6.07, 6.45) is -1.71. The van der Waals surface area contributed by atoms with Gasteiger partial charge in [0.1, 0.15) is 0 Å². The summed E-state index contributed by atoms with van der Waals surface area (Å²) in [6, 6.07) is 10.4. The molecule has 0 unspecified atom stereocenters. The molecule has 14 heteroatoms. The van der Waals surface area contributed by atoms with Gasteiger partial charge < -0.3 is 19.0 Å². The van der Waals surface area contributed by atoms with Crippen LogP contribution in [0.5, 0.6) is 0 Å². The number of pyridine rings is 1. The van der Waals surface area contributed by atoms with E-state index in [1.165, 1.54) is 25.5 Å². The maximum atomic E-state index is 14.1. The quantitative estimate of drug-likeness (QED) is 0.291. The third kappa shape index (κ3) is 5.18. The summed E-state index contributed by atoms with van der Waals surface area (Å²) in [5.74, 6) is -1.05. The van der Waals surface area contributed by atoms with E-state index in [1.54, 1.807) is 30.3 Å². The van der Waals surface area contributed by atoms with Crippen LogP contribution in [0.4, 0.5) is 23.7 Å². The number of benzene rings is 2. The maximum Gasteiger partial charge on any atom is 0.418 e. The van der Waals surface area contributed by atoms with Gasteiger partial charge in [0.05, 0.1) is 40.1 Å². The first-order valence-electron chi connectivity index (χ1n) is 11.8. The van der Waals surface area contributed by atoms with E-state index in [0.29, 0.717) is 22.7 Å². The lowest BCUT2D eigenvalue weighted by molar-refractivity contribution is -0.137. The highest BCUT2D eigenvalue weighted by Gasteiger charge is 2.35. The van der Waals surface area contributed by atoms with Gasteiger partial charge in [-0.1, -0.05) is 18.2 Å². The SMILES string of the molecule is CCOC(=O)c1nc2cc(-n3ccnc3COC(=O)Nc3ccnc4ccccc34)c(C(F)(F)F)cc2[nH]c1=O.